The van der Waals surface area contributed by atoms with Gasteiger partial charge in [-0.15, -0.1) is 22.7 Å². The molecule has 0 radical (unpaired) electrons. The average molecular weight is 446 g/mol. The summed E-state index contributed by atoms with van der Waals surface area (Å²) in [5.74, 6) is -0.425. The molecular formula is C20H16ClN3O3S2. The molecule has 3 aromatic heterocycles. The number of benzene rings is 1. The Morgan fingerprint density at radius 3 is 2.76 bits per heavy atom. The minimum Gasteiger partial charge on any atom is -0.462 e. The quantitative estimate of drug-likeness (QED) is 0.414. The van der Waals surface area contributed by atoms with Crippen LogP contribution in [0.5, 0.6) is 0 Å². The molecule has 0 aliphatic rings. The van der Waals surface area contributed by atoms with Gasteiger partial charge in [-0.1, -0.05) is 23.7 Å². The zero-order valence-corrected chi connectivity index (χ0v) is 18.0. The van der Waals surface area contributed by atoms with E-state index in [4.69, 9.17) is 16.3 Å². The van der Waals surface area contributed by atoms with Crippen molar-refractivity contribution in [2.75, 3.05) is 6.61 Å². The molecule has 0 bridgehead atoms. The number of hydrogen-bond acceptors (Lipinski definition) is 7. The number of carbonyl (C=O) groups excluding carboxylic acids is 1. The second-order valence-electron chi connectivity index (χ2n) is 6.29. The van der Waals surface area contributed by atoms with E-state index >= 15 is 0 Å². The van der Waals surface area contributed by atoms with Crippen LogP contribution >= 0.6 is 34.3 Å². The number of nitrogens with zero attached hydrogens (tertiary/aromatic N) is 3. The normalized spacial score (nSPS) is 11.1. The van der Waals surface area contributed by atoms with Gasteiger partial charge in [-0.3, -0.25) is 9.36 Å². The zero-order valence-electron chi connectivity index (χ0n) is 15.6. The molecule has 0 amide bonds. The second-order valence-corrected chi connectivity index (χ2v) is 8.58. The van der Waals surface area contributed by atoms with Gasteiger partial charge < -0.3 is 4.74 Å². The molecule has 0 spiro atoms. The number of thiazole rings is 1. The molecule has 0 unspecified atom stereocenters. The summed E-state index contributed by atoms with van der Waals surface area (Å²) in [6, 6.07) is 7.47. The lowest BCUT2D eigenvalue weighted by molar-refractivity contribution is 0.0531. The first-order valence-corrected chi connectivity index (χ1v) is 10.9. The van der Waals surface area contributed by atoms with Crippen LogP contribution < -0.4 is 5.56 Å². The number of rotatable bonds is 5. The van der Waals surface area contributed by atoms with E-state index < -0.39 is 5.97 Å². The Labute approximate surface area is 179 Å². The maximum atomic E-state index is 13.0. The van der Waals surface area contributed by atoms with E-state index in [0.29, 0.717) is 32.2 Å². The minimum absolute atomic E-state index is 0.194. The van der Waals surface area contributed by atoms with Crippen molar-refractivity contribution in [3.63, 3.8) is 0 Å². The van der Waals surface area contributed by atoms with Gasteiger partial charge in [0.05, 0.1) is 30.6 Å². The Morgan fingerprint density at radius 2 is 2.03 bits per heavy atom. The van der Waals surface area contributed by atoms with E-state index in [0.717, 1.165) is 16.3 Å². The standard InChI is InChI=1S/C20H16ClN3O3S2/c1-3-27-20(26)16-11(2)15-18(29-16)22-10-24(19(15)25)8-14-9-28-17(23-14)12-4-6-13(21)7-5-12/h4-7,9-10H,3,8H2,1-2H3. The van der Waals surface area contributed by atoms with Crippen LogP contribution in [0, 0.1) is 6.92 Å². The molecule has 0 fully saturated rings. The number of carbonyl (C=O) groups is 1. The van der Waals surface area contributed by atoms with Crippen molar-refractivity contribution < 1.29 is 9.53 Å². The molecular weight excluding hydrogens is 430 g/mol. The average Bonchev–Trinajstić information content (AvgIpc) is 3.30. The first-order chi connectivity index (χ1) is 14.0. The van der Waals surface area contributed by atoms with Crippen LogP contribution in [0.15, 0.2) is 40.8 Å². The lowest BCUT2D eigenvalue weighted by Gasteiger charge is -2.03. The first-order valence-electron chi connectivity index (χ1n) is 8.84. The molecule has 29 heavy (non-hydrogen) atoms. The number of halogens is 1. The lowest BCUT2D eigenvalue weighted by Crippen LogP contribution is -2.21. The van der Waals surface area contributed by atoms with Crippen molar-refractivity contribution in [1.82, 2.24) is 14.5 Å². The smallest absolute Gasteiger partial charge is 0.348 e. The predicted octanol–water partition coefficient (Wildman–Crippen LogP) is 4.77. The van der Waals surface area contributed by atoms with Gasteiger partial charge in [0.25, 0.3) is 5.56 Å². The van der Waals surface area contributed by atoms with Crippen LogP contribution in [0.1, 0.15) is 27.9 Å². The third-order valence-electron chi connectivity index (χ3n) is 4.35. The molecule has 6 nitrogen and oxygen atoms in total. The second kappa shape index (κ2) is 8.06. The van der Waals surface area contributed by atoms with Gasteiger partial charge in [-0.05, 0) is 31.5 Å². The molecule has 0 aliphatic carbocycles. The number of thiophene rings is 1. The van der Waals surface area contributed by atoms with E-state index in [1.807, 2.05) is 29.6 Å². The van der Waals surface area contributed by atoms with Gasteiger partial charge in [0.15, 0.2) is 0 Å². The highest BCUT2D eigenvalue weighted by Gasteiger charge is 2.20. The van der Waals surface area contributed by atoms with Crippen molar-refractivity contribution in [2.24, 2.45) is 0 Å². The predicted molar refractivity (Wildman–Crippen MR) is 116 cm³/mol. The summed E-state index contributed by atoms with van der Waals surface area (Å²) < 4.78 is 6.59. The highest BCUT2D eigenvalue weighted by Crippen LogP contribution is 2.28. The Balaban J connectivity index is 1.66. The van der Waals surface area contributed by atoms with Crippen molar-refractivity contribution in [3.05, 3.63) is 67.5 Å². The summed E-state index contributed by atoms with van der Waals surface area (Å²) in [6.07, 6.45) is 1.50. The minimum atomic E-state index is -0.425. The lowest BCUT2D eigenvalue weighted by atomic mass is 10.2. The molecule has 3 heterocycles. The summed E-state index contributed by atoms with van der Waals surface area (Å²) in [5.41, 5.74) is 2.15. The Bertz CT molecular complexity index is 1260. The van der Waals surface area contributed by atoms with Crippen LogP contribution in [0.4, 0.5) is 0 Å². The molecule has 0 aliphatic heterocycles. The summed E-state index contributed by atoms with van der Waals surface area (Å²) in [6.45, 7) is 4.08. The van der Waals surface area contributed by atoms with Crippen LogP contribution in [0.25, 0.3) is 20.8 Å². The van der Waals surface area contributed by atoms with Crippen molar-refractivity contribution in [3.8, 4) is 10.6 Å². The number of esters is 1. The van der Waals surface area contributed by atoms with Crippen LogP contribution in [-0.2, 0) is 11.3 Å². The molecule has 0 atom stereocenters. The van der Waals surface area contributed by atoms with E-state index in [2.05, 4.69) is 9.97 Å². The summed E-state index contributed by atoms with van der Waals surface area (Å²) in [5, 5.41) is 3.90. The number of aryl methyl sites for hydroxylation is 1. The summed E-state index contributed by atoms with van der Waals surface area (Å²) in [7, 11) is 0. The van der Waals surface area contributed by atoms with Crippen molar-refractivity contribution >= 4 is 50.5 Å². The van der Waals surface area contributed by atoms with Gasteiger partial charge in [-0.2, -0.15) is 0 Å². The van der Waals surface area contributed by atoms with Gasteiger partial charge in [0.1, 0.15) is 14.7 Å². The monoisotopic (exact) mass is 445 g/mol. The molecule has 4 rings (SSSR count). The maximum absolute atomic E-state index is 13.0. The maximum Gasteiger partial charge on any atom is 0.348 e. The highest BCUT2D eigenvalue weighted by atomic mass is 35.5. The summed E-state index contributed by atoms with van der Waals surface area (Å²) in [4.78, 5) is 35.1. The zero-order chi connectivity index (χ0) is 20.5. The molecule has 0 saturated carbocycles. The third kappa shape index (κ3) is 3.83. The molecule has 0 saturated heterocycles. The Kier molecular flexibility index (Phi) is 5.49. The molecule has 9 heteroatoms. The number of hydrogen-bond donors (Lipinski definition) is 0. The van der Waals surface area contributed by atoms with Gasteiger partial charge in [0.2, 0.25) is 0 Å². The largest absolute Gasteiger partial charge is 0.462 e. The number of ether oxygens (including phenoxy) is 1. The van der Waals surface area contributed by atoms with E-state index in [1.165, 1.54) is 33.6 Å². The number of fused-ring (bicyclic) bond motifs is 1. The third-order valence-corrected chi connectivity index (χ3v) is 6.73. The first kappa shape index (κ1) is 19.8. The van der Waals surface area contributed by atoms with Gasteiger partial charge in [0, 0.05) is 16.0 Å². The fourth-order valence-corrected chi connectivity index (χ4v) is 4.92. The topological polar surface area (TPSA) is 74.1 Å². The Hall–Kier alpha value is -2.55. The number of aromatic nitrogens is 3. The van der Waals surface area contributed by atoms with Gasteiger partial charge in [-0.25, -0.2) is 14.8 Å². The van der Waals surface area contributed by atoms with E-state index in [-0.39, 0.29) is 12.2 Å². The van der Waals surface area contributed by atoms with Crippen LogP contribution in [-0.4, -0.2) is 27.1 Å². The van der Waals surface area contributed by atoms with E-state index in [9.17, 15) is 9.59 Å². The highest BCUT2D eigenvalue weighted by molar-refractivity contribution is 7.20. The fourth-order valence-electron chi connectivity index (χ4n) is 2.94. The summed E-state index contributed by atoms with van der Waals surface area (Å²) >= 11 is 8.62. The van der Waals surface area contributed by atoms with Crippen LogP contribution in [0.2, 0.25) is 5.02 Å². The molecule has 1 aromatic carbocycles. The fraction of sp³-hybridized carbons (Fsp3) is 0.200. The molecule has 4 aromatic rings. The van der Waals surface area contributed by atoms with Crippen molar-refractivity contribution in [2.45, 2.75) is 20.4 Å². The Morgan fingerprint density at radius 1 is 1.28 bits per heavy atom. The van der Waals surface area contributed by atoms with Crippen molar-refractivity contribution in [1.29, 1.82) is 0 Å². The van der Waals surface area contributed by atoms with Gasteiger partial charge >= 0.3 is 5.97 Å². The SMILES string of the molecule is CCOC(=O)c1sc2ncn(Cc3csc(-c4ccc(Cl)cc4)n3)c(=O)c2c1C. The molecule has 148 valence electrons. The van der Waals surface area contributed by atoms with E-state index in [1.54, 1.807) is 13.8 Å². The van der Waals surface area contributed by atoms with Crippen LogP contribution in [0.3, 0.4) is 0 Å². The molecule has 0 N–H and O–H groups in total.